The molecule has 9 heavy (non-hydrogen) atoms. The molecule has 0 amide bonds. The first-order chi connectivity index (χ1) is 4.04. The van der Waals surface area contributed by atoms with E-state index in [-0.39, 0.29) is 0 Å². The van der Waals surface area contributed by atoms with E-state index in [0.29, 0.717) is 6.04 Å². The van der Waals surface area contributed by atoms with Crippen molar-refractivity contribution in [1.29, 1.82) is 0 Å². The SMILES string of the molecule is CC(C)C[C@@H](C)N(C)N. The lowest BCUT2D eigenvalue weighted by Gasteiger charge is -2.20. The maximum atomic E-state index is 5.52. The fourth-order valence-corrected chi connectivity index (χ4v) is 0.848. The molecule has 0 radical (unpaired) electrons. The summed E-state index contributed by atoms with van der Waals surface area (Å²) in [4.78, 5) is 0. The van der Waals surface area contributed by atoms with Crippen LogP contribution in [0.5, 0.6) is 0 Å². The third-order valence-electron chi connectivity index (χ3n) is 1.51. The molecule has 1 atom stereocenters. The van der Waals surface area contributed by atoms with Crippen LogP contribution in [-0.2, 0) is 0 Å². The highest BCUT2D eigenvalue weighted by atomic mass is 15.4. The monoisotopic (exact) mass is 130 g/mol. The Morgan fingerprint density at radius 2 is 1.78 bits per heavy atom. The minimum absolute atomic E-state index is 0.505. The molecule has 0 rings (SSSR count). The van der Waals surface area contributed by atoms with Crippen LogP contribution in [0.2, 0.25) is 0 Å². The summed E-state index contributed by atoms with van der Waals surface area (Å²) in [6.45, 7) is 6.56. The van der Waals surface area contributed by atoms with Crippen molar-refractivity contribution in [2.45, 2.75) is 33.2 Å². The number of hydrazine groups is 1. The quantitative estimate of drug-likeness (QED) is 0.460. The van der Waals surface area contributed by atoms with Crippen molar-refractivity contribution in [1.82, 2.24) is 5.01 Å². The summed E-state index contributed by atoms with van der Waals surface area (Å²) in [5.41, 5.74) is 0. The van der Waals surface area contributed by atoms with Crippen LogP contribution in [0.4, 0.5) is 0 Å². The summed E-state index contributed by atoms with van der Waals surface area (Å²) in [6, 6.07) is 0.505. The number of hydrogen-bond donors (Lipinski definition) is 1. The van der Waals surface area contributed by atoms with E-state index in [0.717, 1.165) is 5.92 Å². The molecule has 0 fully saturated rings. The topological polar surface area (TPSA) is 29.3 Å². The molecule has 0 aromatic carbocycles. The molecule has 0 heterocycles. The van der Waals surface area contributed by atoms with Crippen LogP contribution in [0.3, 0.4) is 0 Å². The molecule has 2 N–H and O–H groups in total. The van der Waals surface area contributed by atoms with E-state index < -0.39 is 0 Å². The van der Waals surface area contributed by atoms with E-state index in [4.69, 9.17) is 5.84 Å². The molecule has 0 aliphatic carbocycles. The number of hydrogen-bond acceptors (Lipinski definition) is 2. The van der Waals surface area contributed by atoms with E-state index in [2.05, 4.69) is 20.8 Å². The molecular weight excluding hydrogens is 112 g/mol. The van der Waals surface area contributed by atoms with E-state index in [1.54, 1.807) is 5.01 Å². The molecule has 0 spiro atoms. The zero-order valence-electron chi connectivity index (χ0n) is 6.89. The van der Waals surface area contributed by atoms with Gasteiger partial charge in [0.15, 0.2) is 0 Å². The molecule has 2 heteroatoms. The summed E-state index contributed by atoms with van der Waals surface area (Å²) >= 11 is 0. The molecule has 0 aliphatic rings. The normalized spacial score (nSPS) is 15.0. The molecule has 0 aromatic rings. The third-order valence-corrected chi connectivity index (χ3v) is 1.51. The second kappa shape index (κ2) is 3.85. The van der Waals surface area contributed by atoms with Gasteiger partial charge in [-0.25, -0.2) is 5.01 Å². The van der Waals surface area contributed by atoms with Crippen molar-refractivity contribution in [3.63, 3.8) is 0 Å². The summed E-state index contributed by atoms with van der Waals surface area (Å²) in [6.07, 6.45) is 1.17. The Balaban J connectivity index is 3.38. The zero-order chi connectivity index (χ0) is 7.44. The fourth-order valence-electron chi connectivity index (χ4n) is 0.848. The predicted octanol–water partition coefficient (Wildman–Crippen LogP) is 1.23. The average Bonchev–Trinajstić information content (AvgIpc) is 1.63. The summed E-state index contributed by atoms with van der Waals surface area (Å²) in [5.74, 6) is 6.26. The van der Waals surface area contributed by atoms with Crippen LogP contribution < -0.4 is 5.84 Å². The van der Waals surface area contributed by atoms with Crippen LogP contribution >= 0.6 is 0 Å². The summed E-state index contributed by atoms with van der Waals surface area (Å²) in [7, 11) is 1.91. The van der Waals surface area contributed by atoms with Crippen molar-refractivity contribution in [2.24, 2.45) is 11.8 Å². The number of nitrogens with two attached hydrogens (primary N) is 1. The fraction of sp³-hybridized carbons (Fsp3) is 1.00. The number of rotatable bonds is 3. The van der Waals surface area contributed by atoms with Crippen molar-refractivity contribution in [3.05, 3.63) is 0 Å². The van der Waals surface area contributed by atoms with E-state index in [9.17, 15) is 0 Å². The van der Waals surface area contributed by atoms with Crippen molar-refractivity contribution >= 4 is 0 Å². The lowest BCUT2D eigenvalue weighted by atomic mass is 10.1. The third kappa shape index (κ3) is 4.43. The highest BCUT2D eigenvalue weighted by Gasteiger charge is 2.05. The molecule has 56 valence electrons. The molecular formula is C7H18N2. The van der Waals surface area contributed by atoms with Crippen LogP contribution in [-0.4, -0.2) is 18.1 Å². The Labute approximate surface area is 58.0 Å². The van der Waals surface area contributed by atoms with Crippen molar-refractivity contribution in [2.75, 3.05) is 7.05 Å². The Bertz CT molecular complexity index is 69.3. The first-order valence-electron chi connectivity index (χ1n) is 3.51. The Kier molecular flexibility index (Phi) is 3.82. The molecule has 0 aliphatic heterocycles. The Morgan fingerprint density at radius 1 is 1.33 bits per heavy atom. The van der Waals surface area contributed by atoms with Crippen molar-refractivity contribution < 1.29 is 0 Å². The van der Waals surface area contributed by atoms with Crippen LogP contribution in [0.25, 0.3) is 0 Å². The van der Waals surface area contributed by atoms with Gasteiger partial charge >= 0.3 is 0 Å². The van der Waals surface area contributed by atoms with Crippen LogP contribution in [0.15, 0.2) is 0 Å². The van der Waals surface area contributed by atoms with Gasteiger partial charge in [0, 0.05) is 13.1 Å². The Morgan fingerprint density at radius 3 is 1.89 bits per heavy atom. The second-order valence-corrected chi connectivity index (χ2v) is 3.14. The number of nitrogens with zero attached hydrogens (tertiary/aromatic N) is 1. The average molecular weight is 130 g/mol. The van der Waals surface area contributed by atoms with E-state index in [1.165, 1.54) is 6.42 Å². The lowest BCUT2D eigenvalue weighted by Crippen LogP contribution is -2.35. The summed E-state index contributed by atoms with van der Waals surface area (Å²) < 4.78 is 0. The van der Waals surface area contributed by atoms with Gasteiger partial charge in [0.25, 0.3) is 0 Å². The van der Waals surface area contributed by atoms with E-state index in [1.807, 2.05) is 7.05 Å². The molecule has 2 nitrogen and oxygen atoms in total. The van der Waals surface area contributed by atoms with E-state index >= 15 is 0 Å². The second-order valence-electron chi connectivity index (χ2n) is 3.14. The predicted molar refractivity (Wildman–Crippen MR) is 40.9 cm³/mol. The highest BCUT2D eigenvalue weighted by molar-refractivity contribution is 4.59. The molecule has 0 bridgehead atoms. The first kappa shape index (κ1) is 8.92. The minimum atomic E-state index is 0.505. The maximum absolute atomic E-state index is 5.52. The first-order valence-corrected chi connectivity index (χ1v) is 3.51. The van der Waals surface area contributed by atoms with Gasteiger partial charge in [0.1, 0.15) is 0 Å². The van der Waals surface area contributed by atoms with Crippen molar-refractivity contribution in [3.8, 4) is 0 Å². The largest absolute Gasteiger partial charge is 0.269 e. The van der Waals surface area contributed by atoms with Gasteiger partial charge in [-0.3, -0.25) is 5.84 Å². The molecule has 0 unspecified atom stereocenters. The molecule has 0 aromatic heterocycles. The highest BCUT2D eigenvalue weighted by Crippen LogP contribution is 2.05. The maximum Gasteiger partial charge on any atom is 0.0212 e. The zero-order valence-corrected chi connectivity index (χ0v) is 6.89. The van der Waals surface area contributed by atoms with Crippen LogP contribution in [0, 0.1) is 5.92 Å². The van der Waals surface area contributed by atoms with Gasteiger partial charge in [-0.1, -0.05) is 13.8 Å². The van der Waals surface area contributed by atoms with Gasteiger partial charge in [-0.15, -0.1) is 0 Å². The van der Waals surface area contributed by atoms with Gasteiger partial charge < -0.3 is 0 Å². The summed E-state index contributed by atoms with van der Waals surface area (Å²) in [5, 5.41) is 1.76. The lowest BCUT2D eigenvalue weighted by molar-refractivity contribution is 0.234. The van der Waals surface area contributed by atoms with Gasteiger partial charge in [0.05, 0.1) is 0 Å². The molecule has 0 saturated carbocycles. The van der Waals surface area contributed by atoms with Gasteiger partial charge in [-0.2, -0.15) is 0 Å². The Hall–Kier alpha value is -0.0800. The smallest absolute Gasteiger partial charge is 0.0212 e. The van der Waals surface area contributed by atoms with Gasteiger partial charge in [-0.05, 0) is 19.3 Å². The van der Waals surface area contributed by atoms with Crippen LogP contribution in [0.1, 0.15) is 27.2 Å². The minimum Gasteiger partial charge on any atom is -0.269 e. The van der Waals surface area contributed by atoms with Gasteiger partial charge in [0.2, 0.25) is 0 Å². The molecule has 0 saturated heterocycles. The standard InChI is InChI=1S/C7H18N2/c1-6(2)5-7(3)9(4)8/h6-7H,5,8H2,1-4H3/t7-/m1/s1.